The zero-order chi connectivity index (χ0) is 36.1. The second kappa shape index (κ2) is 28.6. The van der Waals surface area contributed by atoms with Crippen LogP contribution in [0.5, 0.6) is 0 Å². The van der Waals surface area contributed by atoms with Crippen LogP contribution in [0.3, 0.4) is 0 Å². The van der Waals surface area contributed by atoms with Gasteiger partial charge in [0.05, 0.1) is 25.4 Å². The van der Waals surface area contributed by atoms with E-state index < -0.39 is 36.2 Å². The van der Waals surface area contributed by atoms with Crippen molar-refractivity contribution in [1.29, 1.82) is 0 Å². The smallest absolute Gasteiger partial charge is 0.309 e. The predicted molar refractivity (Wildman–Crippen MR) is 197 cm³/mol. The lowest BCUT2D eigenvalue weighted by atomic mass is 10.0. The maximum absolute atomic E-state index is 13.3. The van der Waals surface area contributed by atoms with E-state index in [0.717, 1.165) is 62.0 Å². The third-order valence-electron chi connectivity index (χ3n) is 7.94. The van der Waals surface area contributed by atoms with Crippen molar-refractivity contribution in [2.45, 2.75) is 145 Å². The summed E-state index contributed by atoms with van der Waals surface area (Å²) < 4.78 is 22.9. The first-order chi connectivity index (χ1) is 23.7. The summed E-state index contributed by atoms with van der Waals surface area (Å²) in [4.78, 5) is 52.1. The van der Waals surface area contributed by atoms with Crippen molar-refractivity contribution in [1.82, 2.24) is 0 Å². The highest BCUT2D eigenvalue weighted by Crippen LogP contribution is 2.22. The van der Waals surface area contributed by atoms with E-state index in [-0.39, 0.29) is 37.6 Å². The number of hydrogen-bond donors (Lipinski definition) is 0. The Labute approximate surface area is 299 Å². The Bertz CT molecular complexity index is 1100. The molecule has 0 N–H and O–H groups in total. The van der Waals surface area contributed by atoms with Gasteiger partial charge in [-0.1, -0.05) is 49.3 Å². The van der Waals surface area contributed by atoms with Crippen molar-refractivity contribution >= 4 is 35.5 Å². The number of ketones is 1. The summed E-state index contributed by atoms with van der Waals surface area (Å²) in [5.41, 5.74) is 0. The summed E-state index contributed by atoms with van der Waals surface area (Å²) in [6, 6.07) is 10.1. The van der Waals surface area contributed by atoms with Crippen LogP contribution in [0.2, 0.25) is 0 Å². The molecule has 0 saturated heterocycles. The molecular weight excluding hydrogens is 640 g/mol. The molecule has 8 nitrogen and oxygen atoms in total. The molecule has 0 aliphatic heterocycles. The largest absolute Gasteiger partial charge is 0.462 e. The third kappa shape index (κ3) is 23.8. The monoisotopic (exact) mass is 700 g/mol. The van der Waals surface area contributed by atoms with E-state index in [1.807, 2.05) is 42.5 Å². The molecular formula is C40H60O8S. The fraction of sp³-hybridized carbons (Fsp3) is 0.600. The number of esters is 3. The molecule has 0 radical (unpaired) electrons. The maximum Gasteiger partial charge on any atom is 0.309 e. The Balaban J connectivity index is 2.86. The summed E-state index contributed by atoms with van der Waals surface area (Å²) in [6.45, 7) is 12.7. The minimum absolute atomic E-state index is 0.0709. The maximum atomic E-state index is 13.3. The average molecular weight is 701 g/mol. The SMILES string of the molecule is C=CCCCCCCC(CC(=O)OC(CCCCC=C)CC(=O)OC(CCC=C)CC(C)=O)OC(=O)CC(CCSc1ccccc1)OC. The second-order valence-corrected chi connectivity index (χ2v) is 13.5. The molecule has 0 saturated carbocycles. The summed E-state index contributed by atoms with van der Waals surface area (Å²) in [6.07, 6.45) is 13.1. The van der Waals surface area contributed by atoms with Crippen molar-refractivity contribution < 1.29 is 38.1 Å². The van der Waals surface area contributed by atoms with E-state index in [1.165, 1.54) is 6.92 Å². The van der Waals surface area contributed by atoms with Gasteiger partial charge in [0.2, 0.25) is 0 Å². The highest BCUT2D eigenvalue weighted by atomic mass is 32.2. The summed E-state index contributed by atoms with van der Waals surface area (Å²) >= 11 is 1.70. The molecule has 0 heterocycles. The zero-order valence-corrected chi connectivity index (χ0v) is 30.8. The molecule has 1 rings (SSSR count). The number of carbonyl (C=O) groups is 4. The normalized spacial score (nSPS) is 13.3. The Morgan fingerprint density at radius 1 is 0.612 bits per heavy atom. The third-order valence-corrected chi connectivity index (χ3v) is 8.98. The van der Waals surface area contributed by atoms with Crippen LogP contribution in [0, 0.1) is 0 Å². The number of benzene rings is 1. The highest BCUT2D eigenvalue weighted by Gasteiger charge is 2.26. The van der Waals surface area contributed by atoms with Crippen molar-refractivity contribution in [2.24, 2.45) is 0 Å². The van der Waals surface area contributed by atoms with E-state index >= 15 is 0 Å². The standard InChI is InChI=1S/C40H60O8S/c1-6-9-12-14-15-18-23-36(47-38(42)29-33(45-5)26-27-49-37-24-19-16-20-25-37)31-40(44)48-35(22-17-13-10-7-2)30-39(43)46-34(21-11-8-3)28-32(4)41/h6-8,16,19-20,24-25,33-36H,1-3,9-15,17-18,21-23,26-31H2,4-5H3. The molecule has 0 amide bonds. The molecule has 0 fully saturated rings. The molecule has 9 heteroatoms. The summed E-state index contributed by atoms with van der Waals surface area (Å²) in [7, 11) is 1.59. The van der Waals surface area contributed by atoms with E-state index in [2.05, 4.69) is 19.7 Å². The van der Waals surface area contributed by atoms with Gasteiger partial charge >= 0.3 is 17.9 Å². The number of rotatable bonds is 31. The van der Waals surface area contributed by atoms with Gasteiger partial charge in [0.25, 0.3) is 0 Å². The van der Waals surface area contributed by atoms with Crippen LogP contribution in [-0.2, 0) is 38.1 Å². The number of unbranched alkanes of at least 4 members (excludes halogenated alkanes) is 6. The number of Topliss-reactive ketones (excluding diaryl/α,β-unsaturated/α-hetero) is 1. The van der Waals surface area contributed by atoms with Crippen LogP contribution in [0.25, 0.3) is 0 Å². The number of carbonyl (C=O) groups excluding carboxylic acids is 4. The van der Waals surface area contributed by atoms with Gasteiger partial charge in [-0.25, -0.2) is 0 Å². The lowest BCUT2D eigenvalue weighted by Gasteiger charge is -2.23. The van der Waals surface area contributed by atoms with Gasteiger partial charge < -0.3 is 18.9 Å². The molecule has 0 bridgehead atoms. The number of ether oxygens (including phenoxy) is 4. The molecule has 274 valence electrons. The van der Waals surface area contributed by atoms with E-state index in [4.69, 9.17) is 18.9 Å². The van der Waals surface area contributed by atoms with Crippen molar-refractivity contribution in [3.8, 4) is 0 Å². The van der Waals surface area contributed by atoms with Crippen molar-refractivity contribution in [3.63, 3.8) is 0 Å². The van der Waals surface area contributed by atoms with Crippen LogP contribution >= 0.6 is 11.8 Å². The molecule has 4 atom stereocenters. The van der Waals surface area contributed by atoms with Crippen molar-refractivity contribution in [3.05, 3.63) is 68.3 Å². The molecule has 0 aromatic heterocycles. The lowest BCUT2D eigenvalue weighted by Crippen LogP contribution is -2.29. The number of thioether (sulfide) groups is 1. The first kappa shape index (κ1) is 43.9. The molecule has 4 unspecified atom stereocenters. The van der Waals surface area contributed by atoms with Crippen LogP contribution in [0.1, 0.15) is 116 Å². The first-order valence-electron chi connectivity index (χ1n) is 17.8. The Hall–Kier alpha value is -3.17. The quantitative estimate of drug-likeness (QED) is 0.0246. The van der Waals surface area contributed by atoms with Gasteiger partial charge in [0.15, 0.2) is 0 Å². The molecule has 0 spiro atoms. The van der Waals surface area contributed by atoms with Gasteiger partial charge in [0, 0.05) is 24.2 Å². The second-order valence-electron chi connectivity index (χ2n) is 12.4. The van der Waals surface area contributed by atoms with Gasteiger partial charge in [-0.2, -0.15) is 0 Å². The van der Waals surface area contributed by atoms with Gasteiger partial charge in [0.1, 0.15) is 24.1 Å². The highest BCUT2D eigenvalue weighted by molar-refractivity contribution is 7.99. The fourth-order valence-corrected chi connectivity index (χ4v) is 6.26. The minimum atomic E-state index is -0.697. The molecule has 1 aromatic rings. The summed E-state index contributed by atoms with van der Waals surface area (Å²) in [5.74, 6) is -0.743. The van der Waals surface area contributed by atoms with Crippen LogP contribution in [0.15, 0.2) is 73.2 Å². The van der Waals surface area contributed by atoms with E-state index in [1.54, 1.807) is 24.9 Å². The topological polar surface area (TPSA) is 105 Å². The molecule has 1 aromatic carbocycles. The number of allylic oxidation sites excluding steroid dienone is 3. The van der Waals surface area contributed by atoms with Crippen LogP contribution in [-0.4, -0.2) is 61.0 Å². The number of hydrogen-bond acceptors (Lipinski definition) is 9. The first-order valence-corrected chi connectivity index (χ1v) is 18.8. The van der Waals surface area contributed by atoms with Crippen LogP contribution in [0.4, 0.5) is 0 Å². The Morgan fingerprint density at radius 2 is 1.08 bits per heavy atom. The Morgan fingerprint density at radius 3 is 1.59 bits per heavy atom. The van der Waals surface area contributed by atoms with Gasteiger partial charge in [-0.3, -0.25) is 19.2 Å². The predicted octanol–water partition coefficient (Wildman–Crippen LogP) is 9.31. The van der Waals surface area contributed by atoms with Gasteiger partial charge in [-0.05, 0) is 89.7 Å². The molecule has 0 aliphatic carbocycles. The number of methoxy groups -OCH3 is 1. The van der Waals surface area contributed by atoms with Crippen LogP contribution < -0.4 is 0 Å². The van der Waals surface area contributed by atoms with Crippen molar-refractivity contribution in [2.75, 3.05) is 12.9 Å². The molecule has 0 aliphatic rings. The van der Waals surface area contributed by atoms with E-state index in [9.17, 15) is 19.2 Å². The Kier molecular flexibility index (Phi) is 25.6. The van der Waals surface area contributed by atoms with Gasteiger partial charge in [-0.15, -0.1) is 31.5 Å². The fourth-order valence-electron chi connectivity index (χ4n) is 5.30. The molecule has 49 heavy (non-hydrogen) atoms. The summed E-state index contributed by atoms with van der Waals surface area (Å²) in [5, 5.41) is 0. The lowest BCUT2D eigenvalue weighted by molar-refractivity contribution is -0.162. The minimum Gasteiger partial charge on any atom is -0.462 e. The van der Waals surface area contributed by atoms with E-state index in [0.29, 0.717) is 32.1 Å². The average Bonchev–Trinajstić information content (AvgIpc) is 3.06. The zero-order valence-electron chi connectivity index (χ0n) is 30.0.